The molecule has 62 valence electrons. The number of rotatable bonds is 4. The van der Waals surface area contributed by atoms with Gasteiger partial charge in [0, 0.05) is 0 Å². The maximum Gasteiger partial charge on any atom is 0.405 e. The van der Waals surface area contributed by atoms with Gasteiger partial charge < -0.3 is 10.5 Å². The van der Waals surface area contributed by atoms with E-state index in [-0.39, 0.29) is 0 Å². The van der Waals surface area contributed by atoms with E-state index >= 15 is 0 Å². The zero-order chi connectivity index (χ0) is 8.69. The molecule has 0 aliphatic rings. The van der Waals surface area contributed by atoms with Crippen molar-refractivity contribution < 1.29 is 9.53 Å². The fourth-order valence-electron chi connectivity index (χ4n) is 0.706. The second kappa shape index (κ2) is 5.60. The fraction of sp³-hybridized carbons (Fsp3) is 0.625. The molecule has 0 spiro atoms. The van der Waals surface area contributed by atoms with Crippen LogP contribution in [-0.4, -0.2) is 12.2 Å². The van der Waals surface area contributed by atoms with Crippen LogP contribution in [0.4, 0.5) is 4.79 Å². The monoisotopic (exact) mass is 155 g/mol. The Morgan fingerprint density at radius 1 is 1.82 bits per heavy atom. The molecule has 0 bridgehead atoms. The Kier molecular flexibility index (Phi) is 5.01. The van der Waals surface area contributed by atoms with Crippen molar-refractivity contribution in [2.45, 2.75) is 32.3 Å². The summed E-state index contributed by atoms with van der Waals surface area (Å²) in [7, 11) is 0. The molecule has 3 heteroatoms. The molecule has 0 heterocycles. The summed E-state index contributed by atoms with van der Waals surface area (Å²) in [5.41, 5.74) is 4.78. The first-order chi connectivity index (χ1) is 5.20. The molecule has 0 aliphatic heterocycles. The number of carbonyl (C=O) groups is 1. The fourth-order valence-corrected chi connectivity index (χ4v) is 0.706. The molecule has 2 N–H and O–H groups in total. The molecule has 0 fully saturated rings. The van der Waals surface area contributed by atoms with Crippen molar-refractivity contribution in [3.8, 4) is 12.3 Å². The summed E-state index contributed by atoms with van der Waals surface area (Å²) in [6, 6.07) is 0. The van der Waals surface area contributed by atoms with Crippen LogP contribution in [0.3, 0.4) is 0 Å². The number of hydrogen-bond acceptors (Lipinski definition) is 2. The molecule has 0 saturated carbocycles. The molecule has 0 aromatic carbocycles. The smallest absolute Gasteiger partial charge is 0.405 e. The van der Waals surface area contributed by atoms with Gasteiger partial charge in [0.1, 0.15) is 0 Å². The van der Waals surface area contributed by atoms with Gasteiger partial charge in [-0.2, -0.15) is 0 Å². The van der Waals surface area contributed by atoms with Crippen LogP contribution >= 0.6 is 0 Å². The van der Waals surface area contributed by atoms with E-state index in [4.69, 9.17) is 12.2 Å². The van der Waals surface area contributed by atoms with Crippen molar-refractivity contribution in [3.63, 3.8) is 0 Å². The number of primary amides is 1. The Morgan fingerprint density at radius 3 is 2.82 bits per heavy atom. The third-order valence-corrected chi connectivity index (χ3v) is 1.26. The number of amides is 1. The summed E-state index contributed by atoms with van der Waals surface area (Å²) >= 11 is 0. The number of ether oxygens (including phenoxy) is 1. The van der Waals surface area contributed by atoms with E-state index < -0.39 is 12.2 Å². The first kappa shape index (κ1) is 9.83. The Balaban J connectivity index is 3.60. The van der Waals surface area contributed by atoms with E-state index in [1.165, 1.54) is 0 Å². The average molecular weight is 155 g/mol. The Morgan fingerprint density at radius 2 is 2.45 bits per heavy atom. The second-order valence-electron chi connectivity index (χ2n) is 2.23. The summed E-state index contributed by atoms with van der Waals surface area (Å²) in [5, 5.41) is 0. The standard InChI is InChI=1S/C8H13NO2/c1-3-5-6-7(4-2)11-8(9)10/h2,7H,3,5-6H2,1H3,(H2,9,10). The average Bonchev–Trinajstić information content (AvgIpc) is 1.97. The van der Waals surface area contributed by atoms with Crippen molar-refractivity contribution in [1.82, 2.24) is 0 Å². The van der Waals surface area contributed by atoms with Crippen LogP contribution in [0.15, 0.2) is 0 Å². The largest absolute Gasteiger partial charge is 0.433 e. The molecule has 11 heavy (non-hydrogen) atoms. The molecule has 1 amide bonds. The molecule has 0 rings (SSSR count). The van der Waals surface area contributed by atoms with Gasteiger partial charge in [-0.15, -0.1) is 6.42 Å². The zero-order valence-corrected chi connectivity index (χ0v) is 6.67. The van der Waals surface area contributed by atoms with Crippen LogP contribution in [0.25, 0.3) is 0 Å². The van der Waals surface area contributed by atoms with Crippen LogP contribution in [0, 0.1) is 12.3 Å². The van der Waals surface area contributed by atoms with Crippen LogP contribution in [0.2, 0.25) is 0 Å². The maximum atomic E-state index is 10.2. The topological polar surface area (TPSA) is 52.3 Å². The molecular formula is C8H13NO2. The lowest BCUT2D eigenvalue weighted by Gasteiger charge is -2.08. The predicted molar refractivity (Wildman–Crippen MR) is 42.8 cm³/mol. The van der Waals surface area contributed by atoms with Gasteiger partial charge in [-0.25, -0.2) is 4.79 Å². The summed E-state index contributed by atoms with van der Waals surface area (Å²) in [5.74, 6) is 2.35. The van der Waals surface area contributed by atoms with Crippen LogP contribution in [0.1, 0.15) is 26.2 Å². The van der Waals surface area contributed by atoms with Gasteiger partial charge in [0.15, 0.2) is 6.10 Å². The predicted octanol–water partition coefficient (Wildman–Crippen LogP) is 1.27. The van der Waals surface area contributed by atoms with E-state index in [0.29, 0.717) is 6.42 Å². The Hall–Kier alpha value is -1.17. The van der Waals surface area contributed by atoms with E-state index in [1.807, 2.05) is 6.92 Å². The van der Waals surface area contributed by atoms with E-state index in [1.54, 1.807) is 0 Å². The number of carbonyl (C=O) groups excluding carboxylic acids is 1. The number of nitrogens with two attached hydrogens (primary N) is 1. The summed E-state index contributed by atoms with van der Waals surface area (Å²) in [6.07, 6.45) is 6.49. The highest BCUT2D eigenvalue weighted by molar-refractivity contribution is 5.65. The molecule has 0 saturated heterocycles. The van der Waals surface area contributed by atoms with Gasteiger partial charge in [0.2, 0.25) is 0 Å². The molecule has 0 aromatic heterocycles. The quantitative estimate of drug-likeness (QED) is 0.621. The lowest BCUT2D eigenvalue weighted by atomic mass is 10.2. The molecule has 1 unspecified atom stereocenters. The number of hydrogen-bond donors (Lipinski definition) is 1. The molecule has 0 radical (unpaired) electrons. The molecular weight excluding hydrogens is 142 g/mol. The third-order valence-electron chi connectivity index (χ3n) is 1.26. The van der Waals surface area contributed by atoms with Gasteiger partial charge in [0.05, 0.1) is 0 Å². The van der Waals surface area contributed by atoms with Gasteiger partial charge >= 0.3 is 6.09 Å². The lowest BCUT2D eigenvalue weighted by molar-refractivity contribution is 0.128. The molecule has 1 atom stereocenters. The molecule has 0 aliphatic carbocycles. The van der Waals surface area contributed by atoms with Crippen LogP contribution in [-0.2, 0) is 4.74 Å². The van der Waals surface area contributed by atoms with E-state index in [0.717, 1.165) is 12.8 Å². The van der Waals surface area contributed by atoms with Crippen molar-refractivity contribution in [2.24, 2.45) is 5.73 Å². The van der Waals surface area contributed by atoms with Gasteiger partial charge in [-0.05, 0) is 12.8 Å². The van der Waals surface area contributed by atoms with Crippen LogP contribution < -0.4 is 5.73 Å². The van der Waals surface area contributed by atoms with Crippen LogP contribution in [0.5, 0.6) is 0 Å². The van der Waals surface area contributed by atoms with Crippen molar-refractivity contribution in [3.05, 3.63) is 0 Å². The van der Waals surface area contributed by atoms with E-state index in [2.05, 4.69) is 10.7 Å². The first-order valence-corrected chi connectivity index (χ1v) is 3.63. The first-order valence-electron chi connectivity index (χ1n) is 3.63. The lowest BCUT2D eigenvalue weighted by Crippen LogP contribution is -2.21. The van der Waals surface area contributed by atoms with Crippen molar-refractivity contribution in [1.29, 1.82) is 0 Å². The summed E-state index contributed by atoms with van der Waals surface area (Å²) in [4.78, 5) is 10.2. The third kappa shape index (κ3) is 5.28. The van der Waals surface area contributed by atoms with Gasteiger partial charge in [-0.1, -0.05) is 19.3 Å². The number of terminal acetylenes is 1. The van der Waals surface area contributed by atoms with Crippen molar-refractivity contribution in [2.75, 3.05) is 0 Å². The highest BCUT2D eigenvalue weighted by Gasteiger charge is 2.06. The van der Waals surface area contributed by atoms with Gasteiger partial charge in [-0.3, -0.25) is 0 Å². The normalized spacial score (nSPS) is 11.6. The minimum Gasteiger partial charge on any atom is -0.433 e. The summed E-state index contributed by atoms with van der Waals surface area (Å²) in [6.45, 7) is 2.04. The molecule has 0 aromatic rings. The minimum absolute atomic E-state index is 0.451. The highest BCUT2D eigenvalue weighted by Crippen LogP contribution is 2.02. The number of unbranched alkanes of at least 4 members (excludes halogenated alkanes) is 1. The van der Waals surface area contributed by atoms with Gasteiger partial charge in [0.25, 0.3) is 0 Å². The SMILES string of the molecule is C#CC(CCCC)OC(N)=O. The second-order valence-corrected chi connectivity index (χ2v) is 2.23. The highest BCUT2D eigenvalue weighted by atomic mass is 16.6. The maximum absolute atomic E-state index is 10.2. The van der Waals surface area contributed by atoms with E-state index in [9.17, 15) is 4.79 Å². The minimum atomic E-state index is -0.802. The Bertz CT molecular complexity index is 160. The zero-order valence-electron chi connectivity index (χ0n) is 6.67. The van der Waals surface area contributed by atoms with Crippen molar-refractivity contribution >= 4 is 6.09 Å². The summed E-state index contributed by atoms with van der Waals surface area (Å²) < 4.78 is 4.60. The Labute approximate surface area is 66.9 Å². The molecule has 3 nitrogen and oxygen atoms in total.